The normalized spacial score (nSPS) is 14.2. The Balaban J connectivity index is 2.40. The Hall–Kier alpha value is -1.31. The van der Waals surface area contributed by atoms with E-state index in [-0.39, 0.29) is 16.9 Å². The van der Waals surface area contributed by atoms with Crippen molar-refractivity contribution in [1.29, 1.82) is 0 Å². The van der Waals surface area contributed by atoms with Crippen molar-refractivity contribution in [1.82, 2.24) is 0 Å². The van der Waals surface area contributed by atoms with Crippen molar-refractivity contribution in [3.05, 3.63) is 64.7 Å². The molecule has 0 aliphatic rings. The lowest BCUT2D eigenvalue weighted by molar-refractivity contribution is 0.544. The summed E-state index contributed by atoms with van der Waals surface area (Å²) in [5.41, 5.74) is -0.197. The molecule has 0 bridgehead atoms. The molecular formula is C18H19ClF2O3S2. The standard InChI is InChI=1S/C18H19ClF2O3S2/c1-25(22)11-3-2-4-18(16-12-14(20)7-10-17(16)21)26(23,24)15-8-5-13(19)6-9-15/h5-10,12,18H,2-4,11H2,1H3. The first-order valence-electron chi connectivity index (χ1n) is 7.96. The molecule has 0 heterocycles. The molecule has 142 valence electrons. The van der Waals surface area contributed by atoms with Gasteiger partial charge in [0.1, 0.15) is 11.6 Å². The van der Waals surface area contributed by atoms with Crippen LogP contribution < -0.4 is 0 Å². The summed E-state index contributed by atoms with van der Waals surface area (Å²) in [6.45, 7) is 0. The van der Waals surface area contributed by atoms with Crippen molar-refractivity contribution in [2.75, 3.05) is 12.0 Å². The zero-order valence-electron chi connectivity index (χ0n) is 14.1. The predicted octanol–water partition coefficient (Wildman–Crippen LogP) is 4.68. The summed E-state index contributed by atoms with van der Waals surface area (Å²) in [6, 6.07) is 8.37. The maximum Gasteiger partial charge on any atom is 0.185 e. The first kappa shape index (κ1) is 21.0. The highest BCUT2D eigenvalue weighted by Gasteiger charge is 2.31. The van der Waals surface area contributed by atoms with E-state index < -0.39 is 37.5 Å². The summed E-state index contributed by atoms with van der Waals surface area (Å²) < 4.78 is 65.2. The van der Waals surface area contributed by atoms with E-state index in [1.165, 1.54) is 24.3 Å². The third kappa shape index (κ3) is 5.34. The Bertz CT molecular complexity index is 884. The van der Waals surface area contributed by atoms with Crippen molar-refractivity contribution < 1.29 is 21.4 Å². The van der Waals surface area contributed by atoms with E-state index in [4.69, 9.17) is 11.6 Å². The second-order valence-corrected chi connectivity index (χ2v) is 10.0. The molecule has 0 aromatic heterocycles. The Labute approximate surface area is 159 Å². The average Bonchev–Trinajstić information content (AvgIpc) is 2.57. The zero-order chi connectivity index (χ0) is 19.3. The highest BCUT2D eigenvalue weighted by atomic mass is 35.5. The zero-order valence-corrected chi connectivity index (χ0v) is 16.5. The Kier molecular flexibility index (Phi) is 7.32. The molecule has 0 amide bonds. The fourth-order valence-electron chi connectivity index (χ4n) is 2.66. The van der Waals surface area contributed by atoms with Crippen LogP contribution in [-0.2, 0) is 20.6 Å². The molecule has 26 heavy (non-hydrogen) atoms. The molecule has 0 saturated heterocycles. The van der Waals surface area contributed by atoms with E-state index in [9.17, 15) is 21.4 Å². The van der Waals surface area contributed by atoms with E-state index in [0.29, 0.717) is 23.6 Å². The van der Waals surface area contributed by atoms with Crippen LogP contribution in [-0.4, -0.2) is 24.6 Å². The summed E-state index contributed by atoms with van der Waals surface area (Å²) in [7, 11) is -4.94. The van der Waals surface area contributed by atoms with Crippen LogP contribution in [0.3, 0.4) is 0 Å². The van der Waals surface area contributed by atoms with Gasteiger partial charge in [0.2, 0.25) is 0 Å². The van der Waals surface area contributed by atoms with Gasteiger partial charge in [-0.2, -0.15) is 0 Å². The predicted molar refractivity (Wildman–Crippen MR) is 101 cm³/mol. The van der Waals surface area contributed by atoms with Crippen LogP contribution >= 0.6 is 11.6 Å². The van der Waals surface area contributed by atoms with Crippen molar-refractivity contribution >= 4 is 32.2 Å². The third-order valence-electron chi connectivity index (χ3n) is 3.97. The van der Waals surface area contributed by atoms with E-state index in [0.717, 1.165) is 18.2 Å². The average molecular weight is 421 g/mol. The minimum absolute atomic E-state index is 0.00497. The summed E-state index contributed by atoms with van der Waals surface area (Å²) in [5.74, 6) is -1.04. The van der Waals surface area contributed by atoms with Crippen LogP contribution in [0.5, 0.6) is 0 Å². The lowest BCUT2D eigenvalue weighted by Gasteiger charge is -2.19. The second-order valence-electron chi connectivity index (χ2n) is 5.93. The van der Waals surface area contributed by atoms with Gasteiger partial charge in [-0.1, -0.05) is 18.0 Å². The molecule has 2 unspecified atom stereocenters. The Morgan fingerprint density at radius 1 is 1.08 bits per heavy atom. The minimum Gasteiger partial charge on any atom is -0.260 e. The molecule has 0 fully saturated rings. The lowest BCUT2D eigenvalue weighted by Crippen LogP contribution is -2.16. The molecule has 0 aliphatic carbocycles. The lowest BCUT2D eigenvalue weighted by atomic mass is 10.1. The number of unbranched alkanes of at least 4 members (excludes halogenated alkanes) is 1. The van der Waals surface area contributed by atoms with Crippen molar-refractivity contribution in [3.63, 3.8) is 0 Å². The first-order chi connectivity index (χ1) is 12.2. The summed E-state index contributed by atoms with van der Waals surface area (Å²) in [6.07, 6.45) is 2.62. The van der Waals surface area contributed by atoms with E-state index >= 15 is 0 Å². The van der Waals surface area contributed by atoms with Crippen LogP contribution in [0, 0.1) is 11.6 Å². The molecule has 0 aliphatic heterocycles. The van der Waals surface area contributed by atoms with Gasteiger partial charge in [-0.05, 0) is 55.3 Å². The Morgan fingerprint density at radius 3 is 2.35 bits per heavy atom. The van der Waals surface area contributed by atoms with Gasteiger partial charge in [-0.25, -0.2) is 17.2 Å². The van der Waals surface area contributed by atoms with Gasteiger partial charge >= 0.3 is 0 Å². The van der Waals surface area contributed by atoms with Crippen LogP contribution in [0.1, 0.15) is 30.1 Å². The quantitative estimate of drug-likeness (QED) is 0.582. The van der Waals surface area contributed by atoms with Crippen LogP contribution in [0.2, 0.25) is 5.02 Å². The number of rotatable bonds is 8. The Morgan fingerprint density at radius 2 is 1.73 bits per heavy atom. The maximum atomic E-state index is 14.3. The number of benzene rings is 2. The number of hydrogen-bond donors (Lipinski definition) is 0. The molecule has 3 nitrogen and oxygen atoms in total. The minimum atomic E-state index is -3.95. The van der Waals surface area contributed by atoms with E-state index in [1.54, 1.807) is 6.26 Å². The maximum absolute atomic E-state index is 14.3. The van der Waals surface area contributed by atoms with Gasteiger partial charge < -0.3 is 0 Å². The van der Waals surface area contributed by atoms with Gasteiger partial charge in [0, 0.05) is 33.4 Å². The molecular weight excluding hydrogens is 402 g/mol. The highest BCUT2D eigenvalue weighted by Crippen LogP contribution is 2.35. The fraction of sp³-hybridized carbons (Fsp3) is 0.333. The van der Waals surface area contributed by atoms with Crippen LogP contribution in [0.15, 0.2) is 47.4 Å². The fourth-order valence-corrected chi connectivity index (χ4v) is 5.24. The van der Waals surface area contributed by atoms with Gasteiger partial charge in [-0.3, -0.25) is 4.21 Å². The number of sulfone groups is 1. The topological polar surface area (TPSA) is 51.2 Å². The molecule has 8 heteroatoms. The van der Waals surface area contributed by atoms with Crippen LogP contribution in [0.4, 0.5) is 8.78 Å². The SMILES string of the molecule is CS(=O)CCCCC(c1cc(F)ccc1F)S(=O)(=O)c1ccc(Cl)cc1. The van der Waals surface area contributed by atoms with Crippen molar-refractivity contribution in [2.24, 2.45) is 0 Å². The van der Waals surface area contributed by atoms with Gasteiger partial charge in [-0.15, -0.1) is 0 Å². The molecule has 0 spiro atoms. The molecule has 0 N–H and O–H groups in total. The third-order valence-corrected chi connectivity index (χ3v) is 7.25. The summed E-state index contributed by atoms with van der Waals surface area (Å²) in [4.78, 5) is -0.00497. The van der Waals surface area contributed by atoms with Crippen molar-refractivity contribution in [2.45, 2.75) is 29.4 Å². The number of hydrogen-bond acceptors (Lipinski definition) is 3. The van der Waals surface area contributed by atoms with Gasteiger partial charge in [0.15, 0.2) is 9.84 Å². The second kappa shape index (κ2) is 9.06. The molecule has 2 aromatic carbocycles. The van der Waals surface area contributed by atoms with Crippen LogP contribution in [0.25, 0.3) is 0 Å². The van der Waals surface area contributed by atoms with Gasteiger partial charge in [0.25, 0.3) is 0 Å². The van der Waals surface area contributed by atoms with Crippen molar-refractivity contribution in [3.8, 4) is 0 Å². The smallest absolute Gasteiger partial charge is 0.185 e. The highest BCUT2D eigenvalue weighted by molar-refractivity contribution is 7.91. The number of halogens is 3. The largest absolute Gasteiger partial charge is 0.260 e. The molecule has 2 rings (SSSR count). The van der Waals surface area contributed by atoms with Gasteiger partial charge in [0.05, 0.1) is 10.1 Å². The molecule has 0 radical (unpaired) electrons. The summed E-state index contributed by atoms with van der Waals surface area (Å²) in [5, 5.41) is -0.854. The molecule has 2 aromatic rings. The monoisotopic (exact) mass is 420 g/mol. The molecule has 0 saturated carbocycles. The van der Waals surface area contributed by atoms with E-state index in [2.05, 4.69) is 0 Å². The van der Waals surface area contributed by atoms with E-state index in [1.807, 2.05) is 0 Å². The molecule has 2 atom stereocenters. The summed E-state index contributed by atoms with van der Waals surface area (Å²) >= 11 is 5.80. The first-order valence-corrected chi connectivity index (χ1v) is 11.6.